The largest absolute Gasteiger partial charge is 0.381 e. The molecule has 0 amide bonds. The Morgan fingerprint density at radius 1 is 1.26 bits per heavy atom. The number of nitrogens with zero attached hydrogens (tertiary/aromatic N) is 2. The second-order valence-corrected chi connectivity index (χ2v) is 4.79. The van der Waals surface area contributed by atoms with Crippen LogP contribution in [-0.2, 0) is 4.74 Å². The van der Waals surface area contributed by atoms with E-state index in [1.165, 1.54) is 0 Å². The lowest BCUT2D eigenvalue weighted by Gasteiger charge is -1.97. The summed E-state index contributed by atoms with van der Waals surface area (Å²) in [7, 11) is 0. The van der Waals surface area contributed by atoms with E-state index < -0.39 is 0 Å². The van der Waals surface area contributed by atoms with Gasteiger partial charge in [-0.1, -0.05) is 23.4 Å². The fraction of sp³-hybridized carbons (Fsp3) is 0.286. The highest BCUT2D eigenvalue weighted by molar-refractivity contribution is 5.84. The zero-order chi connectivity index (χ0) is 12.7. The molecule has 5 heteroatoms. The summed E-state index contributed by atoms with van der Waals surface area (Å²) in [5, 5.41) is 5.20. The van der Waals surface area contributed by atoms with Gasteiger partial charge in [-0.05, 0) is 18.6 Å². The number of rotatable bonds is 2. The molecule has 1 saturated heterocycles. The third-order valence-electron chi connectivity index (χ3n) is 3.50. The van der Waals surface area contributed by atoms with Crippen LogP contribution >= 0.6 is 0 Å². The van der Waals surface area contributed by atoms with Gasteiger partial charge in [0.1, 0.15) is 5.69 Å². The smallest absolute Gasteiger partial charge is 0.274 e. The van der Waals surface area contributed by atoms with Crippen molar-refractivity contribution in [2.75, 3.05) is 13.2 Å². The number of aromatic nitrogens is 3. The molecular formula is C14H13N3O2. The Labute approximate surface area is 109 Å². The normalized spacial score (nSPS) is 19.3. The topological polar surface area (TPSA) is 63.9 Å². The van der Waals surface area contributed by atoms with Gasteiger partial charge in [0.2, 0.25) is 0 Å². The molecule has 0 spiro atoms. The summed E-state index contributed by atoms with van der Waals surface area (Å²) >= 11 is 0. The second kappa shape index (κ2) is 4.20. The van der Waals surface area contributed by atoms with E-state index in [-0.39, 0.29) is 5.92 Å². The van der Waals surface area contributed by atoms with E-state index in [4.69, 9.17) is 9.26 Å². The first-order chi connectivity index (χ1) is 9.40. The summed E-state index contributed by atoms with van der Waals surface area (Å²) in [5.74, 6) is 1.55. The molecule has 3 heterocycles. The highest BCUT2D eigenvalue weighted by Gasteiger charge is 2.23. The molecule has 0 aliphatic carbocycles. The van der Waals surface area contributed by atoms with Crippen molar-refractivity contribution in [2.45, 2.75) is 12.3 Å². The number of aromatic amines is 1. The van der Waals surface area contributed by atoms with Gasteiger partial charge in [-0.2, -0.15) is 4.98 Å². The third kappa shape index (κ3) is 1.82. The van der Waals surface area contributed by atoms with Crippen LogP contribution in [0.3, 0.4) is 0 Å². The molecule has 96 valence electrons. The molecule has 1 aromatic carbocycles. The Morgan fingerprint density at radius 2 is 2.21 bits per heavy atom. The van der Waals surface area contributed by atoms with Gasteiger partial charge in [-0.25, -0.2) is 0 Å². The molecule has 0 saturated carbocycles. The van der Waals surface area contributed by atoms with Gasteiger partial charge in [0, 0.05) is 23.4 Å². The fourth-order valence-electron chi connectivity index (χ4n) is 2.44. The van der Waals surface area contributed by atoms with Crippen molar-refractivity contribution in [3.63, 3.8) is 0 Å². The van der Waals surface area contributed by atoms with Gasteiger partial charge < -0.3 is 14.2 Å². The fourth-order valence-corrected chi connectivity index (χ4v) is 2.44. The summed E-state index contributed by atoms with van der Waals surface area (Å²) in [4.78, 5) is 7.76. The van der Waals surface area contributed by atoms with Crippen LogP contribution in [-0.4, -0.2) is 28.3 Å². The van der Waals surface area contributed by atoms with E-state index in [1.54, 1.807) is 0 Å². The van der Waals surface area contributed by atoms with Crippen LogP contribution < -0.4 is 0 Å². The zero-order valence-corrected chi connectivity index (χ0v) is 10.3. The van der Waals surface area contributed by atoms with Gasteiger partial charge in [-0.15, -0.1) is 0 Å². The standard InChI is InChI=1S/C14H13N3O2/c1-2-4-11-9(3-1)7-12(15-11)14-16-13(17-19-14)10-5-6-18-8-10/h1-4,7,10,15H,5-6,8H2/t10-/m0/s1. The Hall–Kier alpha value is -2.14. The maximum atomic E-state index is 5.35. The van der Waals surface area contributed by atoms with Crippen LogP contribution in [0, 0.1) is 0 Å². The van der Waals surface area contributed by atoms with Crippen molar-refractivity contribution < 1.29 is 9.26 Å². The van der Waals surface area contributed by atoms with E-state index in [0.29, 0.717) is 12.5 Å². The van der Waals surface area contributed by atoms with E-state index in [0.717, 1.165) is 35.4 Å². The molecule has 3 aromatic rings. The first kappa shape index (κ1) is 10.8. The average Bonchev–Trinajstić information content (AvgIpc) is 3.17. The lowest BCUT2D eigenvalue weighted by Crippen LogP contribution is -1.99. The van der Waals surface area contributed by atoms with E-state index in [1.807, 2.05) is 24.3 Å². The predicted octanol–water partition coefficient (Wildman–Crippen LogP) is 2.72. The Morgan fingerprint density at radius 3 is 3.05 bits per heavy atom. The maximum Gasteiger partial charge on any atom is 0.274 e. The number of para-hydroxylation sites is 1. The molecule has 0 radical (unpaired) electrons. The van der Waals surface area contributed by atoms with E-state index in [9.17, 15) is 0 Å². The highest BCUT2D eigenvalue weighted by atomic mass is 16.5. The Kier molecular flexibility index (Phi) is 2.38. The molecule has 1 aliphatic heterocycles. The van der Waals surface area contributed by atoms with Gasteiger partial charge in [0.25, 0.3) is 5.89 Å². The molecule has 2 aromatic heterocycles. The van der Waals surface area contributed by atoms with Crippen molar-refractivity contribution in [3.8, 4) is 11.6 Å². The molecule has 4 rings (SSSR count). The number of hydrogen-bond donors (Lipinski definition) is 1. The van der Waals surface area contributed by atoms with Crippen molar-refractivity contribution in [1.82, 2.24) is 15.1 Å². The van der Waals surface area contributed by atoms with Gasteiger partial charge in [-0.3, -0.25) is 0 Å². The Bertz CT molecular complexity index is 677. The highest BCUT2D eigenvalue weighted by Crippen LogP contribution is 2.27. The van der Waals surface area contributed by atoms with Crippen LogP contribution in [0.4, 0.5) is 0 Å². The zero-order valence-electron chi connectivity index (χ0n) is 10.3. The molecule has 5 nitrogen and oxygen atoms in total. The molecule has 1 aliphatic rings. The van der Waals surface area contributed by atoms with Crippen molar-refractivity contribution >= 4 is 10.9 Å². The number of fused-ring (bicyclic) bond motifs is 1. The summed E-state index contributed by atoms with van der Waals surface area (Å²) in [5.41, 5.74) is 1.93. The SMILES string of the molecule is c1ccc2[nH]c(-c3nc([C@H]4CCOC4)no3)cc2c1. The molecule has 0 unspecified atom stereocenters. The number of ether oxygens (including phenoxy) is 1. The van der Waals surface area contributed by atoms with Gasteiger partial charge >= 0.3 is 0 Å². The van der Waals surface area contributed by atoms with Crippen molar-refractivity contribution in [1.29, 1.82) is 0 Å². The van der Waals surface area contributed by atoms with Crippen LogP contribution in [0.5, 0.6) is 0 Å². The minimum atomic E-state index is 0.266. The molecular weight excluding hydrogens is 242 g/mol. The number of hydrogen-bond acceptors (Lipinski definition) is 4. The average molecular weight is 255 g/mol. The minimum Gasteiger partial charge on any atom is -0.381 e. The molecule has 1 fully saturated rings. The first-order valence-electron chi connectivity index (χ1n) is 6.39. The number of H-pyrrole nitrogens is 1. The molecule has 19 heavy (non-hydrogen) atoms. The molecule has 1 atom stereocenters. The van der Waals surface area contributed by atoms with Gasteiger partial charge in [0.05, 0.1) is 6.61 Å². The summed E-state index contributed by atoms with van der Waals surface area (Å²) < 4.78 is 10.7. The quantitative estimate of drug-likeness (QED) is 0.764. The molecule has 0 bridgehead atoms. The van der Waals surface area contributed by atoms with E-state index >= 15 is 0 Å². The summed E-state index contributed by atoms with van der Waals surface area (Å²) in [6.07, 6.45) is 0.964. The predicted molar refractivity (Wildman–Crippen MR) is 69.8 cm³/mol. The Balaban J connectivity index is 1.71. The van der Waals surface area contributed by atoms with Gasteiger partial charge in [0.15, 0.2) is 5.82 Å². The van der Waals surface area contributed by atoms with Crippen molar-refractivity contribution in [3.05, 3.63) is 36.2 Å². The lowest BCUT2D eigenvalue weighted by atomic mass is 10.1. The summed E-state index contributed by atoms with van der Waals surface area (Å²) in [6.45, 7) is 1.46. The van der Waals surface area contributed by atoms with E-state index in [2.05, 4.69) is 21.2 Å². The lowest BCUT2D eigenvalue weighted by molar-refractivity contribution is 0.192. The van der Waals surface area contributed by atoms with Crippen LogP contribution in [0.15, 0.2) is 34.9 Å². The number of nitrogens with one attached hydrogen (secondary N) is 1. The van der Waals surface area contributed by atoms with Crippen molar-refractivity contribution in [2.24, 2.45) is 0 Å². The molecule has 1 N–H and O–H groups in total. The number of benzene rings is 1. The first-order valence-corrected chi connectivity index (χ1v) is 6.39. The third-order valence-corrected chi connectivity index (χ3v) is 3.50. The monoisotopic (exact) mass is 255 g/mol. The minimum absolute atomic E-state index is 0.266. The second-order valence-electron chi connectivity index (χ2n) is 4.79. The van der Waals surface area contributed by atoms with Crippen LogP contribution in [0.25, 0.3) is 22.5 Å². The maximum absolute atomic E-state index is 5.35. The summed E-state index contributed by atoms with van der Waals surface area (Å²) in [6, 6.07) is 10.1. The van der Waals surface area contributed by atoms with Crippen LogP contribution in [0.2, 0.25) is 0 Å². The van der Waals surface area contributed by atoms with Crippen LogP contribution in [0.1, 0.15) is 18.2 Å².